The van der Waals surface area contributed by atoms with Gasteiger partial charge in [0.25, 0.3) is 0 Å². The van der Waals surface area contributed by atoms with Crippen LogP contribution < -0.4 is 0 Å². The van der Waals surface area contributed by atoms with Gasteiger partial charge in [-0.1, -0.05) is 154 Å². The molecule has 2 unspecified atom stereocenters. The van der Waals surface area contributed by atoms with Crippen molar-refractivity contribution >= 4 is 38.5 Å². The monoisotopic (exact) mass is 705 g/mol. The van der Waals surface area contributed by atoms with Gasteiger partial charge in [-0.3, -0.25) is 0 Å². The van der Waals surface area contributed by atoms with Crippen molar-refractivity contribution in [2.75, 3.05) is 0 Å². The molecular formula is C54H43N. The van der Waals surface area contributed by atoms with Crippen LogP contribution in [0.1, 0.15) is 78.0 Å². The Morgan fingerprint density at radius 2 is 1.25 bits per heavy atom. The van der Waals surface area contributed by atoms with E-state index in [1.165, 1.54) is 125 Å². The standard InChI is InChI=1S/C54H43N/c1-32-22-30-46-51(49(32)41-18-7-4-14-36(41)33-12-10-13-33)52-47(54(46,2)3)31-29-45-40-17-8-9-21-48(40)55(53(45)52)35-25-23-34(24-26-35)37-27-28-44-39-16-6-5-15-38(39)43-20-11-19-42(37)50(43)44/h4-9,11,14-31,33,42,50H,10,12-13H2,1-3H3. The summed E-state index contributed by atoms with van der Waals surface area (Å²) >= 11 is 0. The lowest BCUT2D eigenvalue weighted by atomic mass is 9.72. The topological polar surface area (TPSA) is 4.93 Å². The van der Waals surface area contributed by atoms with Crippen molar-refractivity contribution in [3.05, 3.63) is 191 Å². The van der Waals surface area contributed by atoms with Crippen LogP contribution in [-0.2, 0) is 5.41 Å². The van der Waals surface area contributed by atoms with E-state index >= 15 is 0 Å². The SMILES string of the molecule is Cc1ccc2c(c1-c1ccccc1C1CCC1)-c1c(ccc3c4ccccc4n(-c4ccc(C5=CC=C6c7ccccc7C7=CC=CC5C76)cc4)c13)C2(C)C. The molecule has 1 aromatic heterocycles. The highest BCUT2D eigenvalue weighted by molar-refractivity contribution is 6.17. The Morgan fingerprint density at radius 1 is 0.582 bits per heavy atom. The van der Waals surface area contributed by atoms with Gasteiger partial charge in [-0.15, -0.1) is 0 Å². The number of aromatic nitrogens is 1. The Labute approximate surface area is 323 Å². The lowest BCUT2D eigenvalue weighted by Crippen LogP contribution is -2.18. The first kappa shape index (κ1) is 31.4. The van der Waals surface area contributed by atoms with Crippen LogP contribution in [0.2, 0.25) is 0 Å². The van der Waals surface area contributed by atoms with Crippen molar-refractivity contribution in [2.24, 2.45) is 11.8 Å². The maximum absolute atomic E-state index is 2.57. The van der Waals surface area contributed by atoms with Gasteiger partial charge in [0, 0.05) is 39.3 Å². The number of aryl methyl sites for hydroxylation is 1. The summed E-state index contributed by atoms with van der Waals surface area (Å²) in [6.45, 7) is 7.20. The Bertz CT molecular complexity index is 2930. The molecule has 1 nitrogen and oxygen atoms in total. The van der Waals surface area contributed by atoms with E-state index in [-0.39, 0.29) is 5.41 Å². The Kier molecular flexibility index (Phi) is 6.46. The molecule has 12 rings (SSSR count). The number of hydrogen-bond acceptors (Lipinski definition) is 0. The summed E-state index contributed by atoms with van der Waals surface area (Å²) in [5.74, 6) is 1.37. The number of rotatable bonds is 4. The summed E-state index contributed by atoms with van der Waals surface area (Å²) in [7, 11) is 0. The van der Waals surface area contributed by atoms with E-state index < -0.39 is 0 Å². The first-order chi connectivity index (χ1) is 27.0. The van der Waals surface area contributed by atoms with Crippen molar-refractivity contribution in [1.82, 2.24) is 4.57 Å². The minimum absolute atomic E-state index is 0.127. The number of nitrogens with zero attached hydrogens (tertiary/aromatic N) is 1. The molecule has 0 spiro atoms. The van der Waals surface area contributed by atoms with E-state index in [1.807, 2.05) is 0 Å². The van der Waals surface area contributed by atoms with E-state index in [0.29, 0.717) is 17.8 Å². The molecule has 0 radical (unpaired) electrons. The largest absolute Gasteiger partial charge is 0.309 e. The van der Waals surface area contributed by atoms with Crippen LogP contribution in [-0.4, -0.2) is 4.57 Å². The molecule has 5 aliphatic rings. The molecule has 264 valence electrons. The summed E-state index contributed by atoms with van der Waals surface area (Å²) in [6, 6.07) is 46.4. The summed E-state index contributed by atoms with van der Waals surface area (Å²) in [5, 5.41) is 2.63. The van der Waals surface area contributed by atoms with Crippen molar-refractivity contribution in [2.45, 2.75) is 51.4 Å². The molecule has 0 amide bonds. The van der Waals surface area contributed by atoms with Gasteiger partial charge in [0.1, 0.15) is 0 Å². The molecule has 0 bridgehead atoms. The molecule has 1 heteroatoms. The fourth-order valence-corrected chi connectivity index (χ4v) is 11.2. The molecule has 2 atom stereocenters. The Balaban J connectivity index is 1.06. The van der Waals surface area contributed by atoms with Crippen molar-refractivity contribution in [1.29, 1.82) is 0 Å². The zero-order valence-corrected chi connectivity index (χ0v) is 31.7. The minimum atomic E-state index is -0.127. The van der Waals surface area contributed by atoms with E-state index in [4.69, 9.17) is 0 Å². The molecule has 1 fully saturated rings. The summed E-state index contributed by atoms with van der Waals surface area (Å²) < 4.78 is 2.57. The molecule has 5 aliphatic carbocycles. The third-order valence-corrected chi connectivity index (χ3v) is 14.1. The van der Waals surface area contributed by atoms with Gasteiger partial charge in [-0.25, -0.2) is 0 Å². The maximum Gasteiger partial charge on any atom is 0.0622 e. The first-order valence-electron chi connectivity index (χ1n) is 20.3. The van der Waals surface area contributed by atoms with E-state index in [2.05, 4.69) is 177 Å². The third kappa shape index (κ3) is 4.19. The molecule has 0 N–H and O–H groups in total. The summed E-state index contributed by atoms with van der Waals surface area (Å²) in [6.07, 6.45) is 15.7. The molecule has 55 heavy (non-hydrogen) atoms. The molecule has 0 aliphatic heterocycles. The van der Waals surface area contributed by atoms with Gasteiger partial charge in [-0.05, 0) is 116 Å². The first-order valence-corrected chi connectivity index (χ1v) is 20.3. The van der Waals surface area contributed by atoms with E-state index in [1.54, 1.807) is 0 Å². The van der Waals surface area contributed by atoms with Crippen LogP contribution in [0.15, 0.2) is 152 Å². The van der Waals surface area contributed by atoms with Crippen LogP contribution in [0.5, 0.6) is 0 Å². The highest BCUT2D eigenvalue weighted by atomic mass is 15.0. The van der Waals surface area contributed by atoms with Crippen molar-refractivity contribution in [3.8, 4) is 27.9 Å². The number of fused-ring (bicyclic) bond motifs is 10. The van der Waals surface area contributed by atoms with Crippen LogP contribution in [0, 0.1) is 18.8 Å². The third-order valence-electron chi connectivity index (χ3n) is 14.1. The van der Waals surface area contributed by atoms with Crippen LogP contribution in [0.25, 0.3) is 66.5 Å². The van der Waals surface area contributed by atoms with Gasteiger partial charge in [0.05, 0.1) is 11.0 Å². The highest BCUT2D eigenvalue weighted by Gasteiger charge is 2.42. The zero-order valence-electron chi connectivity index (χ0n) is 31.7. The summed E-state index contributed by atoms with van der Waals surface area (Å²) in [4.78, 5) is 0. The smallest absolute Gasteiger partial charge is 0.0622 e. The average Bonchev–Trinajstić information content (AvgIpc) is 3.79. The second kappa shape index (κ2) is 11.3. The number of para-hydroxylation sites is 1. The Hall–Kier alpha value is -5.92. The Morgan fingerprint density at radius 3 is 2.04 bits per heavy atom. The zero-order chi connectivity index (χ0) is 36.6. The molecule has 0 saturated heterocycles. The lowest BCUT2D eigenvalue weighted by molar-refractivity contribution is 0.420. The van der Waals surface area contributed by atoms with Gasteiger partial charge in [0.15, 0.2) is 0 Å². The van der Waals surface area contributed by atoms with Crippen LogP contribution in [0.3, 0.4) is 0 Å². The second-order valence-electron chi connectivity index (χ2n) is 17.1. The fraction of sp³-hybridized carbons (Fsp3) is 0.185. The maximum atomic E-state index is 2.57. The molecule has 1 saturated carbocycles. The predicted octanol–water partition coefficient (Wildman–Crippen LogP) is 14.0. The lowest BCUT2D eigenvalue weighted by Gasteiger charge is -2.31. The molecule has 1 heterocycles. The normalized spacial score (nSPS) is 20.0. The number of benzene rings is 6. The average molecular weight is 706 g/mol. The van der Waals surface area contributed by atoms with Gasteiger partial charge in [-0.2, -0.15) is 0 Å². The van der Waals surface area contributed by atoms with Gasteiger partial charge < -0.3 is 4.57 Å². The predicted molar refractivity (Wildman–Crippen MR) is 232 cm³/mol. The van der Waals surface area contributed by atoms with Crippen LogP contribution in [0.4, 0.5) is 0 Å². The molecule has 7 aromatic rings. The van der Waals surface area contributed by atoms with Crippen LogP contribution >= 0.6 is 0 Å². The van der Waals surface area contributed by atoms with E-state index in [0.717, 1.165) is 0 Å². The number of hydrogen-bond donors (Lipinski definition) is 0. The minimum Gasteiger partial charge on any atom is -0.309 e. The number of allylic oxidation sites excluding steroid dienone is 8. The van der Waals surface area contributed by atoms with Crippen molar-refractivity contribution < 1.29 is 0 Å². The van der Waals surface area contributed by atoms with Gasteiger partial charge in [0.2, 0.25) is 0 Å². The highest BCUT2D eigenvalue weighted by Crippen LogP contribution is 2.58. The fourth-order valence-electron chi connectivity index (χ4n) is 11.2. The summed E-state index contributed by atoms with van der Waals surface area (Å²) in [5.41, 5.74) is 23.5. The quantitative estimate of drug-likeness (QED) is 0.172. The van der Waals surface area contributed by atoms with E-state index in [9.17, 15) is 0 Å². The van der Waals surface area contributed by atoms with Crippen molar-refractivity contribution in [3.63, 3.8) is 0 Å². The molecule has 6 aromatic carbocycles. The van der Waals surface area contributed by atoms with Gasteiger partial charge >= 0.3 is 0 Å². The molecular weight excluding hydrogens is 663 g/mol. The second-order valence-corrected chi connectivity index (χ2v) is 17.1.